The Morgan fingerprint density at radius 1 is 1.37 bits per heavy atom. The number of carbonyl (C=O) groups is 2. The number of likely N-dealkylation sites (tertiary alicyclic amines) is 1. The van der Waals surface area contributed by atoms with E-state index < -0.39 is 0 Å². The number of amides is 2. The fraction of sp³-hybridized carbons (Fsp3) is 0.429. The van der Waals surface area contributed by atoms with E-state index in [1.807, 2.05) is 29.2 Å². The lowest BCUT2D eigenvalue weighted by molar-refractivity contribution is -0.123. The van der Waals surface area contributed by atoms with Gasteiger partial charge >= 0.3 is 0 Å². The van der Waals surface area contributed by atoms with E-state index in [1.54, 1.807) is 0 Å². The largest absolute Gasteiger partial charge is 0.354 e. The molecule has 0 bridgehead atoms. The van der Waals surface area contributed by atoms with Gasteiger partial charge in [-0.1, -0.05) is 12.1 Å². The van der Waals surface area contributed by atoms with Crippen LogP contribution in [0.4, 0.5) is 0 Å². The van der Waals surface area contributed by atoms with Gasteiger partial charge in [-0.05, 0) is 47.6 Å². The van der Waals surface area contributed by atoms with E-state index >= 15 is 0 Å². The molecule has 2 saturated heterocycles. The van der Waals surface area contributed by atoms with Crippen molar-refractivity contribution in [1.82, 2.24) is 10.2 Å². The highest BCUT2D eigenvalue weighted by Crippen LogP contribution is 2.29. The lowest BCUT2D eigenvalue weighted by atomic mass is 9.91. The molecule has 1 aromatic rings. The van der Waals surface area contributed by atoms with E-state index in [0.29, 0.717) is 6.54 Å². The van der Waals surface area contributed by atoms with E-state index in [1.165, 1.54) is 0 Å². The van der Waals surface area contributed by atoms with Crippen LogP contribution in [0.15, 0.2) is 24.3 Å². The highest BCUT2D eigenvalue weighted by Gasteiger charge is 2.42. The Morgan fingerprint density at radius 2 is 2.16 bits per heavy atom. The summed E-state index contributed by atoms with van der Waals surface area (Å²) in [5.41, 5.74) is 0.739. The summed E-state index contributed by atoms with van der Waals surface area (Å²) in [5, 5.41) is 2.88. The van der Waals surface area contributed by atoms with Crippen molar-refractivity contribution in [2.24, 2.45) is 5.92 Å². The van der Waals surface area contributed by atoms with Gasteiger partial charge < -0.3 is 10.2 Å². The number of carbonyl (C=O) groups excluding carboxylic acids is 2. The molecule has 2 fully saturated rings. The summed E-state index contributed by atoms with van der Waals surface area (Å²) in [6, 6.07) is 7.64. The number of nitrogens with zero attached hydrogens (tertiary/aromatic N) is 1. The van der Waals surface area contributed by atoms with Crippen LogP contribution >= 0.6 is 22.6 Å². The van der Waals surface area contributed by atoms with Crippen LogP contribution in [-0.2, 0) is 4.79 Å². The summed E-state index contributed by atoms with van der Waals surface area (Å²) in [4.78, 5) is 26.3. The molecule has 5 heteroatoms. The minimum atomic E-state index is -0.0147. The first-order chi connectivity index (χ1) is 9.18. The Kier molecular flexibility index (Phi) is 3.47. The van der Waals surface area contributed by atoms with Gasteiger partial charge in [0.05, 0.1) is 17.5 Å². The second-order valence-corrected chi connectivity index (χ2v) is 6.20. The Hall–Kier alpha value is -1.11. The summed E-state index contributed by atoms with van der Waals surface area (Å²) in [7, 11) is 0. The average molecular weight is 370 g/mol. The summed E-state index contributed by atoms with van der Waals surface area (Å²) < 4.78 is 0.963. The number of hydrogen-bond acceptors (Lipinski definition) is 2. The van der Waals surface area contributed by atoms with Gasteiger partial charge in [0.25, 0.3) is 5.91 Å². The number of nitrogens with one attached hydrogen (secondary N) is 1. The summed E-state index contributed by atoms with van der Waals surface area (Å²) >= 11 is 2.19. The van der Waals surface area contributed by atoms with Gasteiger partial charge in [0.1, 0.15) is 0 Å². The van der Waals surface area contributed by atoms with Gasteiger partial charge in [0.2, 0.25) is 5.91 Å². The molecule has 19 heavy (non-hydrogen) atoms. The maximum Gasteiger partial charge on any atom is 0.255 e. The second-order valence-electron chi connectivity index (χ2n) is 5.04. The predicted molar refractivity (Wildman–Crippen MR) is 79.7 cm³/mol. The smallest absolute Gasteiger partial charge is 0.255 e. The van der Waals surface area contributed by atoms with Gasteiger partial charge in [-0.3, -0.25) is 9.59 Å². The molecule has 2 amide bonds. The predicted octanol–water partition coefficient (Wildman–Crippen LogP) is 1.64. The van der Waals surface area contributed by atoms with Crippen LogP contribution in [0.25, 0.3) is 0 Å². The first kappa shape index (κ1) is 12.9. The zero-order valence-electron chi connectivity index (χ0n) is 10.4. The maximum atomic E-state index is 12.7. The molecule has 3 rings (SSSR count). The molecular formula is C14H15IN2O2. The molecule has 1 N–H and O–H groups in total. The standard InChI is InChI=1S/C14H15IN2O2/c15-11-6-2-1-4-9(11)14(19)17-7-3-5-10-12(17)8-16-13(10)18/h1-2,4,6,10,12H,3,5,7-8H2,(H,16,18). The van der Waals surface area contributed by atoms with Gasteiger partial charge in [0.15, 0.2) is 0 Å². The van der Waals surface area contributed by atoms with Crippen molar-refractivity contribution in [2.45, 2.75) is 18.9 Å². The Morgan fingerprint density at radius 3 is 2.95 bits per heavy atom. The lowest BCUT2D eigenvalue weighted by Crippen LogP contribution is -2.48. The third kappa shape index (κ3) is 2.24. The van der Waals surface area contributed by atoms with Crippen LogP contribution in [0.3, 0.4) is 0 Å². The minimum absolute atomic E-state index is 0.0147. The Bertz CT molecular complexity index is 532. The SMILES string of the molecule is O=C1NCC2C1CCCN2C(=O)c1ccccc1I. The quantitative estimate of drug-likeness (QED) is 0.765. The molecule has 4 nitrogen and oxygen atoms in total. The highest BCUT2D eigenvalue weighted by atomic mass is 127. The maximum absolute atomic E-state index is 12.7. The van der Waals surface area contributed by atoms with Crippen LogP contribution in [0.1, 0.15) is 23.2 Å². The fourth-order valence-electron chi connectivity index (χ4n) is 2.99. The monoisotopic (exact) mass is 370 g/mol. The first-order valence-electron chi connectivity index (χ1n) is 6.51. The van der Waals surface area contributed by atoms with E-state index in [9.17, 15) is 9.59 Å². The summed E-state index contributed by atoms with van der Waals surface area (Å²) in [6.45, 7) is 1.35. The van der Waals surface area contributed by atoms with Crippen LogP contribution in [0, 0.1) is 9.49 Å². The molecule has 2 atom stereocenters. The number of fused-ring (bicyclic) bond motifs is 1. The molecule has 2 unspecified atom stereocenters. The summed E-state index contributed by atoms with van der Waals surface area (Å²) in [5.74, 6) is 0.139. The molecule has 1 aromatic carbocycles. The topological polar surface area (TPSA) is 49.4 Å². The summed E-state index contributed by atoms with van der Waals surface area (Å²) in [6.07, 6.45) is 1.80. The normalized spacial score (nSPS) is 25.9. The number of benzene rings is 1. The molecule has 100 valence electrons. The van der Waals surface area contributed by atoms with Gasteiger partial charge in [-0.25, -0.2) is 0 Å². The zero-order chi connectivity index (χ0) is 13.4. The number of halogens is 1. The van der Waals surface area contributed by atoms with E-state index in [2.05, 4.69) is 27.9 Å². The van der Waals surface area contributed by atoms with E-state index in [-0.39, 0.29) is 23.8 Å². The van der Waals surface area contributed by atoms with Crippen molar-refractivity contribution >= 4 is 34.4 Å². The molecule has 2 aliphatic rings. The number of rotatable bonds is 1. The Balaban J connectivity index is 1.87. The van der Waals surface area contributed by atoms with Crippen molar-refractivity contribution in [2.75, 3.05) is 13.1 Å². The second kappa shape index (κ2) is 5.11. The number of piperidine rings is 1. The fourth-order valence-corrected chi connectivity index (χ4v) is 3.61. The average Bonchev–Trinajstić information content (AvgIpc) is 2.80. The zero-order valence-corrected chi connectivity index (χ0v) is 12.6. The molecule has 0 aliphatic carbocycles. The molecule has 0 spiro atoms. The molecule has 0 aromatic heterocycles. The minimum Gasteiger partial charge on any atom is -0.354 e. The third-order valence-electron chi connectivity index (χ3n) is 3.97. The third-order valence-corrected chi connectivity index (χ3v) is 4.91. The molecule has 2 heterocycles. The van der Waals surface area contributed by atoms with E-state index in [0.717, 1.165) is 28.5 Å². The molecule has 0 radical (unpaired) electrons. The van der Waals surface area contributed by atoms with E-state index in [4.69, 9.17) is 0 Å². The molecule has 2 aliphatic heterocycles. The van der Waals surface area contributed by atoms with Crippen LogP contribution in [0.5, 0.6) is 0 Å². The van der Waals surface area contributed by atoms with Crippen molar-refractivity contribution in [3.63, 3.8) is 0 Å². The number of hydrogen-bond donors (Lipinski definition) is 1. The van der Waals surface area contributed by atoms with Crippen LogP contribution < -0.4 is 5.32 Å². The van der Waals surface area contributed by atoms with Gasteiger partial charge in [-0.15, -0.1) is 0 Å². The van der Waals surface area contributed by atoms with Crippen molar-refractivity contribution < 1.29 is 9.59 Å². The van der Waals surface area contributed by atoms with Crippen molar-refractivity contribution in [3.8, 4) is 0 Å². The first-order valence-corrected chi connectivity index (χ1v) is 7.59. The lowest BCUT2D eigenvalue weighted by Gasteiger charge is -2.36. The van der Waals surface area contributed by atoms with Crippen LogP contribution in [0.2, 0.25) is 0 Å². The van der Waals surface area contributed by atoms with Crippen LogP contribution in [-0.4, -0.2) is 35.8 Å². The molecule has 0 saturated carbocycles. The van der Waals surface area contributed by atoms with Gasteiger partial charge in [0, 0.05) is 16.7 Å². The molecular weight excluding hydrogens is 355 g/mol. The van der Waals surface area contributed by atoms with Crippen molar-refractivity contribution in [3.05, 3.63) is 33.4 Å². The van der Waals surface area contributed by atoms with Crippen molar-refractivity contribution in [1.29, 1.82) is 0 Å². The highest BCUT2D eigenvalue weighted by molar-refractivity contribution is 14.1. The van der Waals surface area contributed by atoms with Gasteiger partial charge in [-0.2, -0.15) is 0 Å². The Labute approximate surface area is 125 Å².